The minimum absolute atomic E-state index is 0.0350. The summed E-state index contributed by atoms with van der Waals surface area (Å²) in [6.07, 6.45) is 0. The molecule has 0 radical (unpaired) electrons. The SMILES string of the molecule is COc1c(Br)cc(C(C)N[S+]([O-])C(C)(C)C)c2ccccc12. The maximum absolute atomic E-state index is 12.4. The van der Waals surface area contributed by atoms with E-state index in [1.165, 1.54) is 0 Å². The van der Waals surface area contributed by atoms with Crippen LogP contribution in [0.5, 0.6) is 5.75 Å². The highest BCUT2D eigenvalue weighted by Gasteiger charge is 2.29. The molecule has 5 heteroatoms. The largest absolute Gasteiger partial charge is 0.598 e. The second kappa shape index (κ2) is 6.79. The van der Waals surface area contributed by atoms with Gasteiger partial charge in [-0.2, -0.15) is 0 Å². The number of ether oxygens (including phenoxy) is 1. The van der Waals surface area contributed by atoms with Crippen LogP contribution < -0.4 is 9.46 Å². The standard InChI is InChI=1S/C17H22BrNO2S/c1-11(19-22(20)17(2,3)4)14-10-15(18)16(21-5)13-9-7-6-8-12(13)14/h6-11,19H,1-5H3. The smallest absolute Gasteiger partial charge is 0.140 e. The first-order valence-corrected chi connectivity index (χ1v) is 9.13. The van der Waals surface area contributed by atoms with Gasteiger partial charge < -0.3 is 9.29 Å². The molecule has 0 aromatic heterocycles. The van der Waals surface area contributed by atoms with Crippen molar-refractivity contribution in [2.24, 2.45) is 0 Å². The van der Waals surface area contributed by atoms with E-state index in [0.717, 1.165) is 26.6 Å². The number of hydrogen-bond acceptors (Lipinski definition) is 3. The molecular weight excluding hydrogens is 362 g/mol. The molecule has 2 aromatic carbocycles. The Morgan fingerprint density at radius 3 is 2.36 bits per heavy atom. The van der Waals surface area contributed by atoms with Gasteiger partial charge in [0.2, 0.25) is 0 Å². The summed E-state index contributed by atoms with van der Waals surface area (Å²) in [6.45, 7) is 7.92. The number of rotatable bonds is 4. The molecule has 2 rings (SSSR count). The monoisotopic (exact) mass is 383 g/mol. The Kier molecular flexibility index (Phi) is 5.43. The Hall–Kier alpha value is -0.750. The molecule has 0 bridgehead atoms. The van der Waals surface area contributed by atoms with Crippen molar-refractivity contribution in [3.05, 3.63) is 40.4 Å². The van der Waals surface area contributed by atoms with Crippen molar-refractivity contribution in [3.63, 3.8) is 0 Å². The average Bonchev–Trinajstić information content (AvgIpc) is 2.45. The number of halogens is 1. The summed E-state index contributed by atoms with van der Waals surface area (Å²) in [5, 5.41) is 2.15. The summed E-state index contributed by atoms with van der Waals surface area (Å²) in [5.74, 6) is 0.823. The predicted octanol–water partition coefficient (Wildman–Crippen LogP) is 4.72. The molecule has 0 aliphatic rings. The van der Waals surface area contributed by atoms with E-state index in [0.29, 0.717) is 0 Å². The van der Waals surface area contributed by atoms with Gasteiger partial charge in [-0.25, -0.2) is 0 Å². The van der Waals surface area contributed by atoms with E-state index in [-0.39, 0.29) is 10.8 Å². The molecule has 0 amide bonds. The highest BCUT2D eigenvalue weighted by Crippen LogP contribution is 2.38. The van der Waals surface area contributed by atoms with Crippen LogP contribution in [0, 0.1) is 0 Å². The number of benzene rings is 2. The second-order valence-corrected chi connectivity index (χ2v) is 9.10. The van der Waals surface area contributed by atoms with Gasteiger partial charge in [0.1, 0.15) is 10.5 Å². The summed E-state index contributed by atoms with van der Waals surface area (Å²) in [4.78, 5) is 0. The summed E-state index contributed by atoms with van der Waals surface area (Å²) in [7, 11) is 1.67. The molecule has 22 heavy (non-hydrogen) atoms. The fourth-order valence-electron chi connectivity index (χ4n) is 2.31. The van der Waals surface area contributed by atoms with E-state index in [1.807, 2.05) is 52.0 Å². The fourth-order valence-corrected chi connectivity index (χ4v) is 3.73. The van der Waals surface area contributed by atoms with Crippen LogP contribution in [0.25, 0.3) is 10.8 Å². The van der Waals surface area contributed by atoms with E-state index < -0.39 is 11.4 Å². The van der Waals surface area contributed by atoms with Crippen LogP contribution in [-0.2, 0) is 11.4 Å². The summed E-state index contributed by atoms with van der Waals surface area (Å²) in [5.41, 5.74) is 1.10. The third kappa shape index (κ3) is 3.59. The third-order valence-corrected chi connectivity index (χ3v) is 5.76. The van der Waals surface area contributed by atoms with Gasteiger partial charge in [0, 0.05) is 16.7 Å². The molecule has 0 aliphatic carbocycles. The normalized spacial score (nSPS) is 14.9. The quantitative estimate of drug-likeness (QED) is 0.776. The molecule has 120 valence electrons. The first-order valence-electron chi connectivity index (χ1n) is 7.19. The Balaban J connectivity index is 2.47. The van der Waals surface area contributed by atoms with Crippen LogP contribution in [0.2, 0.25) is 0 Å². The number of fused-ring (bicyclic) bond motifs is 1. The Morgan fingerprint density at radius 2 is 1.82 bits per heavy atom. The van der Waals surface area contributed by atoms with Crippen LogP contribution in [0.3, 0.4) is 0 Å². The Labute approximate surface area is 143 Å². The molecule has 0 heterocycles. The number of hydrogen-bond donors (Lipinski definition) is 1. The summed E-state index contributed by atoms with van der Waals surface area (Å²) < 4.78 is 21.7. The van der Waals surface area contributed by atoms with Crippen LogP contribution >= 0.6 is 15.9 Å². The zero-order valence-electron chi connectivity index (χ0n) is 13.6. The van der Waals surface area contributed by atoms with Crippen LogP contribution in [-0.4, -0.2) is 16.4 Å². The van der Waals surface area contributed by atoms with Crippen LogP contribution in [0.15, 0.2) is 34.8 Å². The molecule has 2 atom stereocenters. The van der Waals surface area contributed by atoms with E-state index in [9.17, 15) is 4.55 Å². The van der Waals surface area contributed by atoms with Gasteiger partial charge in [0.25, 0.3) is 0 Å². The maximum atomic E-state index is 12.4. The predicted molar refractivity (Wildman–Crippen MR) is 97.6 cm³/mol. The Morgan fingerprint density at radius 1 is 1.23 bits per heavy atom. The van der Waals surface area contributed by atoms with Crippen LogP contribution in [0.4, 0.5) is 0 Å². The summed E-state index contributed by atoms with van der Waals surface area (Å²) >= 11 is 2.45. The molecule has 2 unspecified atom stereocenters. The fraction of sp³-hybridized carbons (Fsp3) is 0.412. The highest BCUT2D eigenvalue weighted by atomic mass is 79.9. The lowest BCUT2D eigenvalue weighted by Gasteiger charge is -2.27. The lowest BCUT2D eigenvalue weighted by molar-refractivity contribution is 0.417. The van der Waals surface area contributed by atoms with Gasteiger partial charge >= 0.3 is 0 Å². The van der Waals surface area contributed by atoms with Crippen LogP contribution in [0.1, 0.15) is 39.3 Å². The van der Waals surface area contributed by atoms with Gasteiger partial charge in [-0.15, -0.1) is 4.72 Å². The minimum atomic E-state index is -1.12. The molecule has 1 N–H and O–H groups in total. The van der Waals surface area contributed by atoms with Gasteiger partial charge in [0.15, 0.2) is 0 Å². The maximum Gasteiger partial charge on any atom is 0.140 e. The lowest BCUT2D eigenvalue weighted by Crippen LogP contribution is -2.40. The molecule has 2 aromatic rings. The van der Waals surface area contributed by atoms with E-state index in [1.54, 1.807) is 7.11 Å². The molecule has 0 saturated carbocycles. The molecule has 0 fully saturated rings. The zero-order valence-corrected chi connectivity index (χ0v) is 16.0. The first-order chi connectivity index (χ1) is 10.3. The van der Waals surface area contributed by atoms with E-state index >= 15 is 0 Å². The average molecular weight is 384 g/mol. The van der Waals surface area contributed by atoms with Crippen molar-refractivity contribution in [2.45, 2.75) is 38.5 Å². The molecular formula is C17H22BrNO2S. The van der Waals surface area contributed by atoms with Crippen molar-refractivity contribution in [1.82, 2.24) is 4.72 Å². The third-order valence-electron chi connectivity index (χ3n) is 3.49. The number of methoxy groups -OCH3 is 1. The van der Waals surface area contributed by atoms with Gasteiger partial charge in [0.05, 0.1) is 17.6 Å². The second-order valence-electron chi connectivity index (χ2n) is 6.25. The Bertz CT molecular complexity index is 669. The zero-order chi connectivity index (χ0) is 16.5. The van der Waals surface area contributed by atoms with Gasteiger partial charge in [-0.3, -0.25) is 0 Å². The number of nitrogens with one attached hydrogen (secondary N) is 1. The molecule has 3 nitrogen and oxygen atoms in total. The molecule has 0 spiro atoms. The summed E-state index contributed by atoms with van der Waals surface area (Å²) in [6, 6.07) is 10.1. The molecule has 0 saturated heterocycles. The van der Waals surface area contributed by atoms with E-state index in [4.69, 9.17) is 4.74 Å². The van der Waals surface area contributed by atoms with Crippen molar-refractivity contribution >= 4 is 38.1 Å². The van der Waals surface area contributed by atoms with Crippen molar-refractivity contribution in [1.29, 1.82) is 0 Å². The van der Waals surface area contributed by atoms with Gasteiger partial charge in [-0.05, 0) is 60.6 Å². The van der Waals surface area contributed by atoms with Crippen molar-refractivity contribution in [3.8, 4) is 5.75 Å². The van der Waals surface area contributed by atoms with Crippen molar-refractivity contribution in [2.75, 3.05) is 7.11 Å². The topological polar surface area (TPSA) is 44.3 Å². The molecule has 0 aliphatic heterocycles. The van der Waals surface area contributed by atoms with Crippen molar-refractivity contribution < 1.29 is 9.29 Å². The highest BCUT2D eigenvalue weighted by molar-refractivity contribution is 9.10. The van der Waals surface area contributed by atoms with Gasteiger partial charge in [-0.1, -0.05) is 24.3 Å². The minimum Gasteiger partial charge on any atom is -0.598 e. The lowest BCUT2D eigenvalue weighted by atomic mass is 9.99. The van der Waals surface area contributed by atoms with E-state index in [2.05, 4.69) is 26.7 Å². The first kappa shape index (κ1) is 17.6.